The van der Waals surface area contributed by atoms with Crippen LogP contribution >= 0.6 is 0 Å². The molecule has 0 saturated heterocycles. The topological polar surface area (TPSA) is 26.3 Å². The maximum absolute atomic E-state index is 11.6. The average Bonchev–Trinajstić information content (AvgIpc) is 2.01. The summed E-state index contributed by atoms with van der Waals surface area (Å²) in [5.74, 6) is -0.0524. The Hall–Kier alpha value is -0.573. The van der Waals surface area contributed by atoms with Gasteiger partial charge in [-0.15, -0.1) is 6.58 Å². The first-order chi connectivity index (χ1) is 6.70. The lowest BCUT2D eigenvalue weighted by Gasteiger charge is -2.35. The quantitative estimate of drug-likeness (QED) is 0.405. The van der Waals surface area contributed by atoms with Gasteiger partial charge in [0.15, 0.2) is 0 Å². The van der Waals surface area contributed by atoms with E-state index < -0.39 is 8.32 Å². The maximum Gasteiger partial charge on any atom is 0.292 e. The highest BCUT2D eigenvalue weighted by atomic mass is 28.4. The van der Waals surface area contributed by atoms with E-state index >= 15 is 0 Å². The van der Waals surface area contributed by atoms with Gasteiger partial charge >= 0.3 is 0 Å². The number of rotatable bonds is 5. The van der Waals surface area contributed by atoms with E-state index in [-0.39, 0.29) is 11.0 Å². The predicted octanol–water partition coefficient (Wildman–Crippen LogP) is 3.89. The minimum Gasteiger partial charge on any atom is -0.519 e. The van der Waals surface area contributed by atoms with E-state index in [1.54, 1.807) is 0 Å². The van der Waals surface area contributed by atoms with Crippen LogP contribution in [0.25, 0.3) is 0 Å². The molecule has 0 N–H and O–H groups in total. The van der Waals surface area contributed by atoms with E-state index in [9.17, 15) is 4.79 Å². The molecule has 0 rings (SSSR count). The molecule has 0 aromatic carbocycles. The number of carbonyl (C=O) groups excluding carboxylic acids is 1. The molecular formula is C12H24O2Si. The zero-order valence-corrected chi connectivity index (χ0v) is 11.7. The van der Waals surface area contributed by atoms with Crippen molar-refractivity contribution in [3.05, 3.63) is 12.7 Å². The Labute approximate surface area is 94.8 Å². The molecule has 0 amide bonds. The molecule has 0 heterocycles. The standard InChI is InChI=1S/C12H24O2Si/c1-7-8-9-10-11(13)14-15(5,6)12(2,3)4/h7H,1,8-10H2,2-6H3. The summed E-state index contributed by atoms with van der Waals surface area (Å²) >= 11 is 0. The van der Waals surface area contributed by atoms with E-state index in [1.165, 1.54) is 0 Å². The highest BCUT2D eigenvalue weighted by molar-refractivity contribution is 6.75. The third kappa shape index (κ3) is 5.16. The Morgan fingerprint density at radius 2 is 1.93 bits per heavy atom. The number of hydrogen-bond donors (Lipinski definition) is 0. The van der Waals surface area contributed by atoms with Crippen molar-refractivity contribution in [1.29, 1.82) is 0 Å². The molecule has 0 radical (unpaired) electrons. The second kappa shape index (κ2) is 5.49. The average molecular weight is 228 g/mol. The van der Waals surface area contributed by atoms with Crippen LogP contribution < -0.4 is 0 Å². The van der Waals surface area contributed by atoms with Crippen LogP contribution in [-0.4, -0.2) is 14.3 Å². The monoisotopic (exact) mass is 228 g/mol. The fourth-order valence-electron chi connectivity index (χ4n) is 0.879. The Morgan fingerprint density at radius 1 is 1.40 bits per heavy atom. The molecule has 0 aliphatic rings. The van der Waals surface area contributed by atoms with Crippen molar-refractivity contribution in [2.75, 3.05) is 0 Å². The van der Waals surface area contributed by atoms with Crippen molar-refractivity contribution in [1.82, 2.24) is 0 Å². The second-order valence-electron chi connectivity index (χ2n) is 5.42. The summed E-state index contributed by atoms with van der Waals surface area (Å²) in [7, 11) is -1.90. The van der Waals surface area contributed by atoms with E-state index in [2.05, 4.69) is 40.4 Å². The third-order valence-corrected chi connectivity index (χ3v) is 7.31. The zero-order valence-electron chi connectivity index (χ0n) is 10.7. The lowest BCUT2D eigenvalue weighted by Crippen LogP contribution is -2.42. The summed E-state index contributed by atoms with van der Waals surface area (Å²) in [5.41, 5.74) is 0. The van der Waals surface area contributed by atoms with Gasteiger partial charge in [-0.1, -0.05) is 26.8 Å². The first kappa shape index (κ1) is 14.4. The molecule has 0 aliphatic carbocycles. The van der Waals surface area contributed by atoms with Gasteiger partial charge in [-0.05, 0) is 31.0 Å². The molecule has 0 fully saturated rings. The van der Waals surface area contributed by atoms with Gasteiger partial charge in [-0.2, -0.15) is 0 Å². The van der Waals surface area contributed by atoms with E-state index in [0.29, 0.717) is 6.42 Å². The second-order valence-corrected chi connectivity index (χ2v) is 10.1. The summed E-state index contributed by atoms with van der Waals surface area (Å²) in [5, 5.41) is 0.0983. The van der Waals surface area contributed by atoms with Gasteiger partial charge in [-0.25, -0.2) is 0 Å². The first-order valence-electron chi connectivity index (χ1n) is 5.53. The number of carbonyl (C=O) groups is 1. The molecule has 0 unspecified atom stereocenters. The minimum absolute atomic E-state index is 0.0524. The van der Waals surface area contributed by atoms with Crippen molar-refractivity contribution in [3.63, 3.8) is 0 Å². The molecule has 88 valence electrons. The third-order valence-electron chi connectivity index (χ3n) is 2.96. The molecular weight excluding hydrogens is 204 g/mol. The molecule has 0 aromatic heterocycles. The number of allylic oxidation sites excluding steroid dienone is 1. The molecule has 0 saturated carbocycles. The fourth-order valence-corrected chi connectivity index (χ4v) is 1.86. The Balaban J connectivity index is 4.11. The summed E-state index contributed by atoms with van der Waals surface area (Å²) in [6, 6.07) is 0. The van der Waals surface area contributed by atoms with Crippen LogP contribution in [-0.2, 0) is 9.22 Å². The van der Waals surface area contributed by atoms with Gasteiger partial charge in [0.05, 0.1) is 0 Å². The number of hydrogen-bond acceptors (Lipinski definition) is 2. The smallest absolute Gasteiger partial charge is 0.292 e. The van der Waals surface area contributed by atoms with Crippen molar-refractivity contribution in [3.8, 4) is 0 Å². The highest BCUT2D eigenvalue weighted by Gasteiger charge is 2.40. The Bertz CT molecular complexity index is 226. The van der Waals surface area contributed by atoms with Crippen LogP contribution in [0.1, 0.15) is 40.0 Å². The molecule has 0 spiro atoms. The molecule has 0 bridgehead atoms. The summed E-state index contributed by atoms with van der Waals surface area (Å²) in [6.45, 7) is 14.2. The molecule has 3 heteroatoms. The Kier molecular flexibility index (Phi) is 5.28. The van der Waals surface area contributed by atoms with E-state index in [0.717, 1.165) is 12.8 Å². The molecule has 15 heavy (non-hydrogen) atoms. The van der Waals surface area contributed by atoms with E-state index in [4.69, 9.17) is 4.43 Å². The van der Waals surface area contributed by atoms with Crippen LogP contribution in [0.15, 0.2) is 12.7 Å². The summed E-state index contributed by atoms with van der Waals surface area (Å²) in [4.78, 5) is 11.6. The minimum atomic E-state index is -1.90. The molecule has 0 atom stereocenters. The highest BCUT2D eigenvalue weighted by Crippen LogP contribution is 2.36. The van der Waals surface area contributed by atoms with Gasteiger partial charge in [-0.3, -0.25) is 4.79 Å². The lowest BCUT2D eigenvalue weighted by atomic mass is 10.2. The molecule has 0 aliphatic heterocycles. The largest absolute Gasteiger partial charge is 0.519 e. The fraction of sp³-hybridized carbons (Fsp3) is 0.750. The molecule has 0 aromatic rings. The van der Waals surface area contributed by atoms with Crippen LogP contribution in [0.4, 0.5) is 0 Å². The van der Waals surface area contributed by atoms with Crippen molar-refractivity contribution in [2.45, 2.75) is 58.2 Å². The van der Waals surface area contributed by atoms with Crippen molar-refractivity contribution >= 4 is 14.3 Å². The van der Waals surface area contributed by atoms with Crippen LogP contribution in [0.3, 0.4) is 0 Å². The van der Waals surface area contributed by atoms with Gasteiger partial charge in [0.1, 0.15) is 0 Å². The van der Waals surface area contributed by atoms with Gasteiger partial charge in [0.25, 0.3) is 14.3 Å². The maximum atomic E-state index is 11.6. The first-order valence-corrected chi connectivity index (χ1v) is 8.44. The summed E-state index contributed by atoms with van der Waals surface area (Å²) in [6.07, 6.45) is 4.07. The number of unbranched alkanes of at least 4 members (excludes halogenated alkanes) is 1. The van der Waals surface area contributed by atoms with Gasteiger partial charge in [0, 0.05) is 6.42 Å². The van der Waals surface area contributed by atoms with Crippen LogP contribution in [0.2, 0.25) is 18.1 Å². The van der Waals surface area contributed by atoms with Gasteiger partial charge in [0.2, 0.25) is 0 Å². The van der Waals surface area contributed by atoms with Crippen molar-refractivity contribution < 1.29 is 9.22 Å². The lowest BCUT2D eigenvalue weighted by molar-refractivity contribution is -0.135. The Morgan fingerprint density at radius 3 is 2.33 bits per heavy atom. The normalized spacial score (nSPS) is 12.3. The van der Waals surface area contributed by atoms with E-state index in [1.807, 2.05) is 6.08 Å². The molecule has 2 nitrogen and oxygen atoms in total. The summed E-state index contributed by atoms with van der Waals surface area (Å²) < 4.78 is 5.61. The predicted molar refractivity (Wildman–Crippen MR) is 67.3 cm³/mol. The van der Waals surface area contributed by atoms with Crippen LogP contribution in [0.5, 0.6) is 0 Å². The SMILES string of the molecule is C=CCCCC(=O)O[Si](C)(C)C(C)(C)C. The van der Waals surface area contributed by atoms with Crippen molar-refractivity contribution in [2.24, 2.45) is 0 Å². The van der Waals surface area contributed by atoms with Gasteiger partial charge < -0.3 is 4.43 Å². The van der Waals surface area contributed by atoms with Crippen LogP contribution in [0, 0.1) is 0 Å². The zero-order chi connectivity index (χ0) is 12.1.